The molecule has 0 aromatic heterocycles. The molecule has 32 heavy (non-hydrogen) atoms. The van der Waals surface area contributed by atoms with Gasteiger partial charge >= 0.3 is 6.16 Å². The molecule has 0 saturated carbocycles. The summed E-state index contributed by atoms with van der Waals surface area (Å²) < 4.78 is 4.80. The van der Waals surface area contributed by atoms with Gasteiger partial charge in [0.2, 0.25) is 0 Å². The fourth-order valence-electron chi connectivity index (χ4n) is 4.14. The first kappa shape index (κ1) is 21.7. The monoisotopic (exact) mass is 450 g/mol. The highest BCUT2D eigenvalue weighted by Gasteiger charge is 2.36. The van der Waals surface area contributed by atoms with E-state index in [0.29, 0.717) is 28.4 Å². The van der Waals surface area contributed by atoms with Gasteiger partial charge in [-0.25, -0.2) is 4.79 Å². The number of fused-ring (bicyclic) bond motifs is 1. The van der Waals surface area contributed by atoms with Crippen LogP contribution >= 0.6 is 11.6 Å². The normalized spacial score (nSPS) is 16.4. The number of carboxylic acid groups (broad SMARTS) is 1. The number of amides is 1. The van der Waals surface area contributed by atoms with Gasteiger partial charge in [0.15, 0.2) is 0 Å². The molecule has 0 aliphatic carbocycles. The lowest BCUT2D eigenvalue weighted by Gasteiger charge is -2.41. The summed E-state index contributed by atoms with van der Waals surface area (Å²) in [6.07, 6.45) is -0.635. The zero-order valence-electron chi connectivity index (χ0n) is 17.7. The van der Waals surface area contributed by atoms with Crippen molar-refractivity contribution in [2.75, 3.05) is 10.6 Å². The van der Waals surface area contributed by atoms with Crippen LogP contribution in [0, 0.1) is 5.41 Å². The van der Waals surface area contributed by atoms with Gasteiger partial charge in [-0.05, 0) is 71.5 Å². The van der Waals surface area contributed by atoms with Gasteiger partial charge in [0.25, 0.3) is 5.91 Å². The molecular formula is C25H23ClN2O4. The number of ether oxygens (including phenoxy) is 1. The molecule has 0 saturated heterocycles. The molecule has 4 rings (SSSR count). The summed E-state index contributed by atoms with van der Waals surface area (Å²) in [6, 6.07) is 19.7. The van der Waals surface area contributed by atoms with E-state index in [1.807, 2.05) is 36.4 Å². The van der Waals surface area contributed by atoms with Gasteiger partial charge < -0.3 is 20.5 Å². The highest BCUT2D eigenvalue weighted by Crippen LogP contribution is 2.46. The van der Waals surface area contributed by atoms with E-state index in [4.69, 9.17) is 21.4 Å². The van der Waals surface area contributed by atoms with Crippen LogP contribution in [0.5, 0.6) is 5.75 Å². The summed E-state index contributed by atoms with van der Waals surface area (Å²) in [5.74, 6) is 0.0898. The standard InChI is InChI=1S/C25H23ClN2O4/c1-25(2)14-17-12-20(32-24(30)31)8-9-21(17)28-22(25)16-10-18(26)13-19(11-16)27-23(29)15-6-4-3-5-7-15/h3-13,22,28H,14H2,1-2H3,(H,27,29)(H,30,31). The lowest BCUT2D eigenvalue weighted by atomic mass is 9.73. The number of carbonyl (C=O) groups is 2. The zero-order valence-corrected chi connectivity index (χ0v) is 18.4. The van der Waals surface area contributed by atoms with Crippen molar-refractivity contribution in [2.45, 2.75) is 26.3 Å². The number of nitrogens with one attached hydrogen (secondary N) is 2. The Morgan fingerprint density at radius 1 is 1.09 bits per heavy atom. The van der Waals surface area contributed by atoms with E-state index in [9.17, 15) is 9.59 Å². The van der Waals surface area contributed by atoms with E-state index in [0.717, 1.165) is 16.8 Å². The molecule has 3 aromatic rings. The molecular weight excluding hydrogens is 428 g/mol. The Morgan fingerprint density at radius 2 is 1.84 bits per heavy atom. The fourth-order valence-corrected chi connectivity index (χ4v) is 4.39. The molecule has 1 amide bonds. The van der Waals surface area contributed by atoms with Crippen LogP contribution in [0.3, 0.4) is 0 Å². The van der Waals surface area contributed by atoms with Crippen molar-refractivity contribution in [1.82, 2.24) is 0 Å². The van der Waals surface area contributed by atoms with Gasteiger partial charge in [-0.2, -0.15) is 0 Å². The summed E-state index contributed by atoms with van der Waals surface area (Å²) in [6.45, 7) is 4.25. The van der Waals surface area contributed by atoms with Gasteiger partial charge in [-0.15, -0.1) is 0 Å². The molecule has 0 fully saturated rings. The Labute approximate surface area is 191 Å². The third-order valence-electron chi connectivity index (χ3n) is 5.56. The Kier molecular flexibility index (Phi) is 5.80. The molecule has 6 nitrogen and oxygen atoms in total. The van der Waals surface area contributed by atoms with Gasteiger partial charge in [0, 0.05) is 22.0 Å². The van der Waals surface area contributed by atoms with Gasteiger partial charge in [0.1, 0.15) is 5.75 Å². The Bertz CT molecular complexity index is 1180. The molecule has 3 N–H and O–H groups in total. The van der Waals surface area contributed by atoms with Crippen LogP contribution in [0.4, 0.5) is 16.2 Å². The van der Waals surface area contributed by atoms with Crippen LogP contribution in [-0.2, 0) is 6.42 Å². The largest absolute Gasteiger partial charge is 0.511 e. The Hall–Kier alpha value is -3.51. The second kappa shape index (κ2) is 8.55. The molecule has 1 atom stereocenters. The average molecular weight is 451 g/mol. The van der Waals surface area contributed by atoms with Crippen molar-refractivity contribution in [2.24, 2.45) is 5.41 Å². The number of rotatable bonds is 4. The fraction of sp³-hybridized carbons (Fsp3) is 0.200. The lowest BCUT2D eigenvalue weighted by Crippen LogP contribution is -2.35. The third kappa shape index (κ3) is 4.70. The van der Waals surface area contributed by atoms with Crippen LogP contribution in [0.1, 0.15) is 41.4 Å². The second-order valence-electron chi connectivity index (χ2n) is 8.52. The summed E-state index contributed by atoms with van der Waals surface area (Å²) in [4.78, 5) is 23.4. The molecule has 0 spiro atoms. The number of benzene rings is 3. The number of hydrogen-bond donors (Lipinski definition) is 3. The SMILES string of the molecule is CC1(C)Cc2cc(OC(=O)O)ccc2NC1c1cc(Cl)cc(NC(=O)c2ccccc2)c1. The second-order valence-corrected chi connectivity index (χ2v) is 8.96. The maximum atomic E-state index is 12.6. The van der Waals surface area contributed by atoms with Crippen LogP contribution < -0.4 is 15.4 Å². The van der Waals surface area contributed by atoms with Crippen molar-refractivity contribution < 1.29 is 19.4 Å². The summed E-state index contributed by atoms with van der Waals surface area (Å²) in [5, 5.41) is 15.9. The van der Waals surface area contributed by atoms with E-state index in [1.165, 1.54) is 0 Å². The van der Waals surface area contributed by atoms with E-state index in [2.05, 4.69) is 24.5 Å². The number of anilines is 2. The predicted molar refractivity (Wildman–Crippen MR) is 125 cm³/mol. The Morgan fingerprint density at radius 3 is 2.56 bits per heavy atom. The lowest BCUT2D eigenvalue weighted by molar-refractivity contribution is 0.102. The van der Waals surface area contributed by atoms with Crippen LogP contribution in [0.25, 0.3) is 0 Å². The number of carbonyl (C=O) groups excluding carboxylic acids is 1. The Balaban J connectivity index is 1.62. The smallest absolute Gasteiger partial charge is 0.449 e. The molecule has 3 aromatic carbocycles. The van der Waals surface area contributed by atoms with Crippen molar-refractivity contribution >= 4 is 35.0 Å². The molecule has 0 bridgehead atoms. The van der Waals surface area contributed by atoms with E-state index >= 15 is 0 Å². The first-order valence-electron chi connectivity index (χ1n) is 10.2. The molecule has 164 valence electrons. The minimum atomic E-state index is -1.34. The summed E-state index contributed by atoms with van der Waals surface area (Å²) >= 11 is 6.41. The molecule has 0 radical (unpaired) electrons. The third-order valence-corrected chi connectivity index (χ3v) is 5.77. The molecule has 1 heterocycles. The maximum absolute atomic E-state index is 12.6. The van der Waals surface area contributed by atoms with Gasteiger partial charge in [-0.1, -0.05) is 43.6 Å². The van der Waals surface area contributed by atoms with E-state index in [1.54, 1.807) is 30.3 Å². The van der Waals surface area contributed by atoms with Crippen molar-refractivity contribution in [3.8, 4) is 5.75 Å². The molecule has 1 aliphatic heterocycles. The van der Waals surface area contributed by atoms with Gasteiger partial charge in [-0.3, -0.25) is 4.79 Å². The first-order chi connectivity index (χ1) is 15.2. The average Bonchev–Trinajstić information content (AvgIpc) is 2.72. The highest BCUT2D eigenvalue weighted by atomic mass is 35.5. The minimum Gasteiger partial charge on any atom is -0.449 e. The zero-order chi connectivity index (χ0) is 22.9. The van der Waals surface area contributed by atoms with Crippen LogP contribution in [0.15, 0.2) is 66.7 Å². The number of hydrogen-bond acceptors (Lipinski definition) is 4. The minimum absolute atomic E-state index is 0.0766. The van der Waals surface area contributed by atoms with Gasteiger partial charge in [0.05, 0.1) is 6.04 Å². The van der Waals surface area contributed by atoms with Crippen molar-refractivity contribution in [3.63, 3.8) is 0 Å². The topological polar surface area (TPSA) is 87.7 Å². The van der Waals surface area contributed by atoms with Crippen molar-refractivity contribution in [1.29, 1.82) is 0 Å². The quantitative estimate of drug-likeness (QED) is 0.317. The highest BCUT2D eigenvalue weighted by molar-refractivity contribution is 6.31. The summed E-state index contributed by atoms with van der Waals surface area (Å²) in [5.41, 5.74) is 3.79. The summed E-state index contributed by atoms with van der Waals surface area (Å²) in [7, 11) is 0. The van der Waals surface area contributed by atoms with E-state index < -0.39 is 6.16 Å². The molecule has 1 unspecified atom stereocenters. The predicted octanol–water partition coefficient (Wildman–Crippen LogP) is 6.38. The van der Waals surface area contributed by atoms with Crippen LogP contribution in [0.2, 0.25) is 5.02 Å². The number of halogens is 1. The maximum Gasteiger partial charge on any atom is 0.511 e. The molecule has 1 aliphatic rings. The van der Waals surface area contributed by atoms with Crippen LogP contribution in [-0.4, -0.2) is 17.2 Å². The van der Waals surface area contributed by atoms with E-state index in [-0.39, 0.29) is 17.4 Å². The first-order valence-corrected chi connectivity index (χ1v) is 10.6. The van der Waals surface area contributed by atoms with Crippen molar-refractivity contribution in [3.05, 3.63) is 88.4 Å². The molecule has 7 heteroatoms.